The topological polar surface area (TPSA) is 23.5 Å². The molecular weight excluding hydrogens is 222 g/mol. The fourth-order valence-corrected chi connectivity index (χ4v) is 3.11. The second-order valence-electron chi connectivity index (χ2n) is 5.61. The van der Waals surface area contributed by atoms with Gasteiger partial charge in [0.25, 0.3) is 0 Å². The zero-order valence-electron chi connectivity index (χ0n) is 11.6. The van der Waals surface area contributed by atoms with Gasteiger partial charge < -0.3 is 10.0 Å². The third-order valence-electron chi connectivity index (χ3n) is 4.28. The van der Waals surface area contributed by atoms with E-state index in [0.29, 0.717) is 5.75 Å². The van der Waals surface area contributed by atoms with Crippen molar-refractivity contribution >= 4 is 5.69 Å². The predicted molar refractivity (Wildman–Crippen MR) is 77.1 cm³/mol. The molecular formula is C16H25NO. The highest BCUT2D eigenvalue weighted by Crippen LogP contribution is 2.31. The fourth-order valence-electron chi connectivity index (χ4n) is 3.11. The van der Waals surface area contributed by atoms with Crippen LogP contribution in [0.15, 0.2) is 24.3 Å². The molecule has 0 spiro atoms. The van der Waals surface area contributed by atoms with Gasteiger partial charge in [-0.3, -0.25) is 0 Å². The lowest BCUT2D eigenvalue weighted by molar-refractivity contribution is 0.277. The molecule has 0 saturated carbocycles. The summed E-state index contributed by atoms with van der Waals surface area (Å²) in [5.74, 6) is 2.12. The Bertz CT molecular complexity index is 369. The van der Waals surface area contributed by atoms with Crippen molar-refractivity contribution in [1.82, 2.24) is 0 Å². The maximum Gasteiger partial charge on any atom is 0.117 e. The van der Waals surface area contributed by atoms with Gasteiger partial charge in [-0.25, -0.2) is 0 Å². The van der Waals surface area contributed by atoms with Gasteiger partial charge in [0.05, 0.1) is 0 Å². The van der Waals surface area contributed by atoms with Crippen molar-refractivity contribution in [3.63, 3.8) is 0 Å². The zero-order chi connectivity index (χ0) is 13.0. The molecule has 1 aromatic carbocycles. The highest BCUT2D eigenvalue weighted by atomic mass is 16.3. The summed E-state index contributed by atoms with van der Waals surface area (Å²) in [4.78, 5) is 2.40. The number of phenols is 1. The van der Waals surface area contributed by atoms with Gasteiger partial charge in [0.15, 0.2) is 0 Å². The lowest BCUT2D eigenvalue weighted by atomic mass is 9.83. The van der Waals surface area contributed by atoms with Crippen LogP contribution in [0, 0.1) is 11.8 Å². The highest BCUT2D eigenvalue weighted by Gasteiger charge is 2.23. The minimum atomic E-state index is 0.369. The summed E-state index contributed by atoms with van der Waals surface area (Å²) in [5, 5.41) is 9.53. The van der Waals surface area contributed by atoms with Crippen molar-refractivity contribution in [2.24, 2.45) is 11.8 Å². The molecule has 0 aromatic heterocycles. The Labute approximate surface area is 111 Å². The van der Waals surface area contributed by atoms with Crippen molar-refractivity contribution in [2.75, 3.05) is 18.0 Å². The molecule has 1 saturated heterocycles. The molecule has 1 aromatic rings. The van der Waals surface area contributed by atoms with E-state index in [1.807, 2.05) is 12.1 Å². The molecule has 1 N–H and O–H groups in total. The van der Waals surface area contributed by atoms with Crippen LogP contribution >= 0.6 is 0 Å². The number of aromatic hydroxyl groups is 1. The molecule has 0 aliphatic carbocycles. The standard InChI is InChI=1S/C16H25NO/c1-3-5-13(2)14-8-10-17(11-9-14)15-6-4-7-16(18)12-15/h4,6-7,12-14,18H,3,5,8-11H2,1-2H3. The van der Waals surface area contributed by atoms with Crippen LogP contribution in [-0.2, 0) is 0 Å². The average Bonchev–Trinajstić information content (AvgIpc) is 2.39. The summed E-state index contributed by atoms with van der Waals surface area (Å²) >= 11 is 0. The van der Waals surface area contributed by atoms with Crippen LogP contribution in [0.25, 0.3) is 0 Å². The largest absolute Gasteiger partial charge is 0.508 e. The minimum absolute atomic E-state index is 0.369. The quantitative estimate of drug-likeness (QED) is 0.867. The van der Waals surface area contributed by atoms with Crippen molar-refractivity contribution in [2.45, 2.75) is 39.5 Å². The number of anilines is 1. The molecule has 1 atom stereocenters. The average molecular weight is 247 g/mol. The number of phenolic OH excluding ortho intramolecular Hbond substituents is 1. The summed E-state index contributed by atoms with van der Waals surface area (Å²) in [5.41, 5.74) is 1.16. The van der Waals surface area contributed by atoms with Gasteiger partial charge in [-0.05, 0) is 36.8 Å². The molecule has 1 unspecified atom stereocenters. The summed E-state index contributed by atoms with van der Waals surface area (Å²) < 4.78 is 0. The zero-order valence-corrected chi connectivity index (χ0v) is 11.6. The Morgan fingerprint density at radius 3 is 2.67 bits per heavy atom. The number of piperidine rings is 1. The number of benzene rings is 1. The van der Waals surface area contributed by atoms with E-state index >= 15 is 0 Å². The van der Waals surface area contributed by atoms with Crippen molar-refractivity contribution in [1.29, 1.82) is 0 Å². The first-order chi connectivity index (χ1) is 8.70. The molecule has 0 bridgehead atoms. The third-order valence-corrected chi connectivity index (χ3v) is 4.28. The first-order valence-corrected chi connectivity index (χ1v) is 7.24. The van der Waals surface area contributed by atoms with E-state index in [4.69, 9.17) is 0 Å². The van der Waals surface area contributed by atoms with E-state index in [1.54, 1.807) is 6.07 Å². The Morgan fingerprint density at radius 1 is 1.33 bits per heavy atom. The molecule has 2 heteroatoms. The van der Waals surface area contributed by atoms with Crippen LogP contribution in [0.2, 0.25) is 0 Å². The molecule has 0 radical (unpaired) electrons. The molecule has 1 aliphatic rings. The second-order valence-corrected chi connectivity index (χ2v) is 5.61. The molecule has 100 valence electrons. The van der Waals surface area contributed by atoms with Crippen molar-refractivity contribution in [3.05, 3.63) is 24.3 Å². The van der Waals surface area contributed by atoms with Gasteiger partial charge in [-0.15, -0.1) is 0 Å². The lowest BCUT2D eigenvalue weighted by Crippen LogP contribution is -2.35. The monoisotopic (exact) mass is 247 g/mol. The summed E-state index contributed by atoms with van der Waals surface area (Å²) in [6.45, 7) is 6.93. The van der Waals surface area contributed by atoms with Crippen LogP contribution in [0.5, 0.6) is 5.75 Å². The molecule has 2 rings (SSSR count). The van der Waals surface area contributed by atoms with Crippen molar-refractivity contribution < 1.29 is 5.11 Å². The van der Waals surface area contributed by atoms with Crippen LogP contribution in [0.3, 0.4) is 0 Å². The van der Waals surface area contributed by atoms with Gasteiger partial charge in [-0.1, -0.05) is 32.8 Å². The Hall–Kier alpha value is -1.18. The summed E-state index contributed by atoms with van der Waals surface area (Å²) in [6.07, 6.45) is 5.23. The van der Waals surface area contributed by atoms with Crippen LogP contribution < -0.4 is 4.90 Å². The van der Waals surface area contributed by atoms with Crippen LogP contribution in [-0.4, -0.2) is 18.2 Å². The summed E-state index contributed by atoms with van der Waals surface area (Å²) in [7, 11) is 0. The summed E-state index contributed by atoms with van der Waals surface area (Å²) in [6, 6.07) is 7.63. The van der Waals surface area contributed by atoms with Gasteiger partial charge >= 0.3 is 0 Å². The van der Waals surface area contributed by atoms with Gasteiger partial charge in [0, 0.05) is 24.8 Å². The number of hydrogen-bond acceptors (Lipinski definition) is 2. The highest BCUT2D eigenvalue weighted by molar-refractivity contribution is 5.50. The first kappa shape index (κ1) is 13.3. The Kier molecular flexibility index (Phi) is 4.51. The van der Waals surface area contributed by atoms with Crippen LogP contribution in [0.4, 0.5) is 5.69 Å². The molecule has 0 amide bonds. The number of hydrogen-bond donors (Lipinski definition) is 1. The maximum absolute atomic E-state index is 9.53. The van der Waals surface area contributed by atoms with E-state index in [1.165, 1.54) is 25.7 Å². The minimum Gasteiger partial charge on any atom is -0.508 e. The smallest absolute Gasteiger partial charge is 0.117 e. The SMILES string of the molecule is CCCC(C)C1CCN(c2cccc(O)c2)CC1. The molecule has 1 fully saturated rings. The second kappa shape index (κ2) is 6.12. The normalized spacial score (nSPS) is 18.9. The first-order valence-electron chi connectivity index (χ1n) is 7.24. The molecule has 1 heterocycles. The fraction of sp³-hybridized carbons (Fsp3) is 0.625. The van der Waals surface area contributed by atoms with E-state index in [2.05, 4.69) is 24.8 Å². The van der Waals surface area contributed by atoms with E-state index in [9.17, 15) is 5.11 Å². The molecule has 1 aliphatic heterocycles. The van der Waals surface area contributed by atoms with E-state index in [-0.39, 0.29) is 0 Å². The predicted octanol–water partition coefficient (Wildman–Crippen LogP) is 4.04. The number of nitrogens with zero attached hydrogens (tertiary/aromatic N) is 1. The van der Waals surface area contributed by atoms with Crippen LogP contribution in [0.1, 0.15) is 39.5 Å². The Morgan fingerprint density at radius 2 is 2.06 bits per heavy atom. The van der Waals surface area contributed by atoms with Crippen molar-refractivity contribution in [3.8, 4) is 5.75 Å². The lowest BCUT2D eigenvalue weighted by Gasteiger charge is -2.36. The molecule has 18 heavy (non-hydrogen) atoms. The van der Waals surface area contributed by atoms with Gasteiger partial charge in [-0.2, -0.15) is 0 Å². The number of rotatable bonds is 4. The van der Waals surface area contributed by atoms with E-state index < -0.39 is 0 Å². The third kappa shape index (κ3) is 3.18. The Balaban J connectivity index is 1.90. The maximum atomic E-state index is 9.53. The molecule has 2 nitrogen and oxygen atoms in total. The van der Waals surface area contributed by atoms with E-state index in [0.717, 1.165) is 30.6 Å². The van der Waals surface area contributed by atoms with Gasteiger partial charge in [0.2, 0.25) is 0 Å². The van der Waals surface area contributed by atoms with Gasteiger partial charge in [0.1, 0.15) is 5.75 Å².